The van der Waals surface area contributed by atoms with E-state index in [1.807, 2.05) is 18.7 Å². The van der Waals surface area contributed by atoms with Crippen molar-refractivity contribution in [2.45, 2.75) is 91.5 Å². The Morgan fingerprint density at radius 2 is 1.67 bits per heavy atom. The summed E-state index contributed by atoms with van der Waals surface area (Å²) in [6, 6.07) is 11.2. The number of amides is 7. The van der Waals surface area contributed by atoms with Crippen LogP contribution in [0.1, 0.15) is 92.5 Å². The van der Waals surface area contributed by atoms with Gasteiger partial charge in [-0.15, -0.1) is 0 Å². The van der Waals surface area contributed by atoms with Gasteiger partial charge in [0.2, 0.25) is 17.7 Å². The van der Waals surface area contributed by atoms with Crippen molar-refractivity contribution in [2.24, 2.45) is 28.1 Å². The maximum Gasteiger partial charge on any atom is 0.410 e. The normalized spacial score (nSPS) is 14.1. The predicted octanol–water partition coefficient (Wildman–Crippen LogP) is 4.31. The molecule has 0 fully saturated rings. The van der Waals surface area contributed by atoms with Crippen molar-refractivity contribution in [3.05, 3.63) is 88.2 Å². The van der Waals surface area contributed by atoms with Gasteiger partial charge in [-0.2, -0.15) is 0 Å². The third kappa shape index (κ3) is 13.3. The summed E-state index contributed by atoms with van der Waals surface area (Å²) in [5, 5.41) is 10.9. The zero-order chi connectivity index (χ0) is 45.6. The van der Waals surface area contributed by atoms with Crippen molar-refractivity contribution in [3.8, 4) is 0 Å². The van der Waals surface area contributed by atoms with Gasteiger partial charge in [0.25, 0.3) is 5.91 Å². The zero-order valence-electron chi connectivity index (χ0n) is 36.4. The number of rotatable bonds is 18. The molecule has 2 aliphatic rings. The van der Waals surface area contributed by atoms with E-state index in [-0.39, 0.29) is 56.1 Å². The first-order chi connectivity index (χ1) is 30.1. The highest BCUT2D eigenvalue weighted by Gasteiger charge is 2.27. The van der Waals surface area contributed by atoms with Crippen molar-refractivity contribution in [1.29, 1.82) is 0 Å². The van der Waals surface area contributed by atoms with E-state index in [0.29, 0.717) is 71.8 Å². The first-order valence-electron chi connectivity index (χ1n) is 21.3. The van der Waals surface area contributed by atoms with E-state index in [2.05, 4.69) is 31.2 Å². The molecule has 18 heteroatoms. The Morgan fingerprint density at radius 3 is 2.35 bits per heavy atom. The fraction of sp³-hybridized carbons (Fsp3) is 0.422. The standard InChI is InChI=1S/C45H59N11O7/c1-5-17-55(18-6-2)43(60)31-20-29-11-12-30(22-37(29)53-38(46)23-31)40(57)52-34-21-32-25-56(19-15-35(32)50-24-34)45(62)63-26-28-9-13-33(14-10-28)51-41(58)36(8-7-16-49-44(48)61)54-42(59)39(47)27(3)4/h9-14,20-22,24,27,36,39H,5-8,15-19,23,25-26,47H2,1-4H3,(H2,46,53)(H,51,58)(H,52,57)(H,54,59)(H3,48,49,61)/t36-,39-/m0/s1. The summed E-state index contributed by atoms with van der Waals surface area (Å²) in [7, 11) is 0. The number of nitrogens with one attached hydrogen (secondary N) is 4. The minimum Gasteiger partial charge on any atom is -0.445 e. The number of urea groups is 1. The van der Waals surface area contributed by atoms with Gasteiger partial charge in [0.1, 0.15) is 18.5 Å². The maximum absolute atomic E-state index is 13.5. The molecule has 3 heterocycles. The number of aliphatic imine (C=N–C) groups is 1. The number of nitrogens with two attached hydrogens (primary N) is 3. The minimum atomic E-state index is -0.914. The van der Waals surface area contributed by atoms with Crippen LogP contribution in [0.15, 0.2) is 65.3 Å². The molecule has 0 aliphatic carbocycles. The Bertz CT molecular complexity index is 2220. The zero-order valence-corrected chi connectivity index (χ0v) is 36.4. The van der Waals surface area contributed by atoms with E-state index in [9.17, 15) is 28.8 Å². The van der Waals surface area contributed by atoms with Crippen LogP contribution in [0.2, 0.25) is 0 Å². The number of carbonyl (C=O) groups is 6. The maximum atomic E-state index is 13.5. The van der Waals surface area contributed by atoms with Crippen LogP contribution in [0.5, 0.6) is 0 Å². The van der Waals surface area contributed by atoms with Crippen molar-refractivity contribution in [3.63, 3.8) is 0 Å². The molecule has 18 nitrogen and oxygen atoms in total. The molecule has 1 aromatic heterocycles. The summed E-state index contributed by atoms with van der Waals surface area (Å²) in [5.41, 5.74) is 22.6. The molecule has 336 valence electrons. The predicted molar refractivity (Wildman–Crippen MR) is 241 cm³/mol. The lowest BCUT2D eigenvalue weighted by atomic mass is 10.0. The molecular formula is C45H59N11O7. The molecule has 0 bridgehead atoms. The number of nitrogens with zero attached hydrogens (tertiary/aromatic N) is 4. The van der Waals surface area contributed by atoms with E-state index in [0.717, 1.165) is 24.1 Å². The molecule has 0 saturated carbocycles. The average molecular weight is 866 g/mol. The number of carbonyl (C=O) groups excluding carboxylic acids is 6. The van der Waals surface area contributed by atoms with E-state index in [1.54, 1.807) is 79.6 Å². The SMILES string of the molecule is CCCN(CCC)C(=O)C1=Cc2ccc(C(=O)Nc3cnc4c(c3)CN(C(=O)OCc3ccc(NC(=O)[C@H](CCCNC(N)=O)NC(=O)[C@@H](N)C(C)C)cc3)CC4)cc2N=C(N)C1. The van der Waals surface area contributed by atoms with Crippen molar-refractivity contribution >= 4 is 64.7 Å². The molecule has 2 atom stereocenters. The second kappa shape index (κ2) is 22.3. The number of pyridine rings is 1. The number of fused-ring (bicyclic) bond motifs is 2. The Morgan fingerprint density at radius 1 is 0.937 bits per heavy atom. The van der Waals surface area contributed by atoms with Crippen LogP contribution < -0.4 is 38.5 Å². The number of amidine groups is 1. The Balaban J connectivity index is 1.15. The number of primary amides is 1. The van der Waals surface area contributed by atoms with E-state index in [4.69, 9.17) is 21.9 Å². The molecule has 0 unspecified atom stereocenters. The first kappa shape index (κ1) is 47.2. The summed E-state index contributed by atoms with van der Waals surface area (Å²) in [6.07, 6.45) is 5.86. The highest BCUT2D eigenvalue weighted by atomic mass is 16.6. The quantitative estimate of drug-likeness (QED) is 0.0891. The van der Waals surface area contributed by atoms with Gasteiger partial charge in [-0.3, -0.25) is 24.2 Å². The van der Waals surface area contributed by atoms with E-state index < -0.39 is 36.0 Å². The third-order valence-corrected chi connectivity index (χ3v) is 10.6. The highest BCUT2D eigenvalue weighted by molar-refractivity contribution is 6.08. The van der Waals surface area contributed by atoms with Crippen LogP contribution in [-0.2, 0) is 38.7 Å². The van der Waals surface area contributed by atoms with Gasteiger partial charge in [0.05, 0.1) is 30.2 Å². The summed E-state index contributed by atoms with van der Waals surface area (Å²) >= 11 is 0. The lowest BCUT2D eigenvalue weighted by Crippen LogP contribution is -2.51. The molecule has 0 radical (unpaired) electrons. The number of benzene rings is 2. The number of hydrogen-bond acceptors (Lipinski definition) is 11. The third-order valence-electron chi connectivity index (χ3n) is 10.6. The number of anilines is 2. The molecule has 3 aromatic rings. The first-order valence-corrected chi connectivity index (χ1v) is 21.3. The van der Waals surface area contributed by atoms with Crippen molar-refractivity contribution in [2.75, 3.05) is 36.8 Å². The van der Waals surface area contributed by atoms with Gasteiger partial charge in [-0.05, 0) is 79.1 Å². The summed E-state index contributed by atoms with van der Waals surface area (Å²) in [4.78, 5) is 89.4. The monoisotopic (exact) mass is 865 g/mol. The van der Waals surface area contributed by atoms with Crippen LogP contribution in [0.25, 0.3) is 6.08 Å². The second-order valence-electron chi connectivity index (χ2n) is 16.0. The van der Waals surface area contributed by atoms with Crippen LogP contribution in [0, 0.1) is 5.92 Å². The van der Waals surface area contributed by atoms with Gasteiger partial charge in [0, 0.05) is 67.1 Å². The largest absolute Gasteiger partial charge is 0.445 e. The van der Waals surface area contributed by atoms with Gasteiger partial charge in [-0.1, -0.05) is 45.9 Å². The van der Waals surface area contributed by atoms with Crippen LogP contribution in [0.3, 0.4) is 0 Å². The summed E-state index contributed by atoms with van der Waals surface area (Å²) in [6.45, 7) is 9.80. The summed E-state index contributed by atoms with van der Waals surface area (Å²) in [5.74, 6) is -1.24. The van der Waals surface area contributed by atoms with Gasteiger partial charge >= 0.3 is 12.1 Å². The Labute approximate surface area is 367 Å². The smallest absolute Gasteiger partial charge is 0.410 e. The second-order valence-corrected chi connectivity index (χ2v) is 16.0. The summed E-state index contributed by atoms with van der Waals surface area (Å²) < 4.78 is 5.63. The van der Waals surface area contributed by atoms with Gasteiger partial charge < -0.3 is 53.0 Å². The Hall–Kier alpha value is -6.82. The molecule has 5 rings (SSSR count). The molecule has 0 saturated heterocycles. The average Bonchev–Trinajstić information content (AvgIpc) is 3.43. The van der Waals surface area contributed by atoms with Gasteiger partial charge in [0.15, 0.2) is 0 Å². The van der Waals surface area contributed by atoms with E-state index >= 15 is 0 Å². The molecular weight excluding hydrogens is 807 g/mol. The minimum absolute atomic E-state index is 0.0244. The van der Waals surface area contributed by atoms with Crippen LogP contribution in [0.4, 0.5) is 26.7 Å². The number of aromatic nitrogens is 1. The number of hydrogen-bond donors (Lipinski definition) is 7. The lowest BCUT2D eigenvalue weighted by molar-refractivity contribution is -0.128. The van der Waals surface area contributed by atoms with Crippen molar-refractivity contribution < 1.29 is 33.5 Å². The molecule has 2 aliphatic heterocycles. The molecule has 7 amide bonds. The lowest BCUT2D eigenvalue weighted by Gasteiger charge is -2.28. The van der Waals surface area contributed by atoms with Crippen LogP contribution >= 0.6 is 0 Å². The molecule has 2 aromatic carbocycles. The molecule has 10 N–H and O–H groups in total. The van der Waals surface area contributed by atoms with Crippen LogP contribution in [-0.4, -0.2) is 94.6 Å². The van der Waals surface area contributed by atoms with E-state index in [1.165, 1.54) is 0 Å². The highest BCUT2D eigenvalue weighted by Crippen LogP contribution is 2.29. The fourth-order valence-corrected chi connectivity index (χ4v) is 7.09. The number of ether oxygens (including phenoxy) is 1. The molecule has 63 heavy (non-hydrogen) atoms. The Kier molecular flexibility index (Phi) is 16.7. The molecule has 0 spiro atoms. The fourth-order valence-electron chi connectivity index (χ4n) is 7.09. The van der Waals surface area contributed by atoms with Gasteiger partial charge in [-0.25, -0.2) is 14.6 Å². The topological polar surface area (TPSA) is 270 Å². The van der Waals surface area contributed by atoms with Crippen molar-refractivity contribution in [1.82, 2.24) is 25.4 Å².